The number of amides is 1. The summed E-state index contributed by atoms with van der Waals surface area (Å²) in [7, 11) is 3.56. The minimum Gasteiger partial charge on any atom is -0.511 e. The van der Waals surface area contributed by atoms with Gasteiger partial charge in [-0.2, -0.15) is 0 Å². The van der Waals surface area contributed by atoms with Gasteiger partial charge in [0.1, 0.15) is 28.9 Å². The molecule has 1 aromatic carbocycles. The van der Waals surface area contributed by atoms with Crippen LogP contribution in [0.4, 0.5) is 5.69 Å². The van der Waals surface area contributed by atoms with Crippen molar-refractivity contribution in [2.24, 2.45) is 17.6 Å². The summed E-state index contributed by atoms with van der Waals surface area (Å²) >= 11 is 0. The summed E-state index contributed by atoms with van der Waals surface area (Å²) in [5.74, 6) is -9.48. The molecule has 6 N–H and O–H groups in total. The zero-order valence-corrected chi connectivity index (χ0v) is 23.7. The molecule has 1 aromatic rings. The van der Waals surface area contributed by atoms with Crippen molar-refractivity contribution >= 4 is 29.1 Å². The molecule has 0 aromatic heterocycles. The standard InChI is InChI=1S/C29H36N2O9/c1-8-16(33)40-24-13-10-15(32)19(27(30)38)25(36)29(13,39)26(37)21-18(24)11(2)17-14(31(6)7)9-12(28(3,4)5)22(34)20(17)23(21)35/h9,11,13,18,24,32,34,37,39H,8,10H2,1-7H3,(H2,30,38)/t11-,13+,18+,24+,29+/m0/s1. The number of benzene rings is 1. The summed E-state index contributed by atoms with van der Waals surface area (Å²) < 4.78 is 5.75. The van der Waals surface area contributed by atoms with E-state index < -0.39 is 87.4 Å². The lowest BCUT2D eigenvalue weighted by atomic mass is 9.56. The van der Waals surface area contributed by atoms with Crippen molar-refractivity contribution in [1.82, 2.24) is 0 Å². The fourth-order valence-corrected chi connectivity index (χ4v) is 6.42. The van der Waals surface area contributed by atoms with Crippen LogP contribution in [0.1, 0.15) is 74.9 Å². The van der Waals surface area contributed by atoms with Crippen LogP contribution in [-0.2, 0) is 24.5 Å². The van der Waals surface area contributed by atoms with Crippen LogP contribution >= 0.6 is 0 Å². The zero-order valence-electron chi connectivity index (χ0n) is 23.7. The molecular formula is C29H36N2O9. The van der Waals surface area contributed by atoms with Crippen LogP contribution in [-0.4, -0.2) is 69.7 Å². The minimum absolute atomic E-state index is 0.0701. The Balaban J connectivity index is 2.11. The van der Waals surface area contributed by atoms with Gasteiger partial charge < -0.3 is 35.8 Å². The molecule has 3 aliphatic rings. The van der Waals surface area contributed by atoms with E-state index in [9.17, 15) is 39.6 Å². The molecule has 0 aliphatic heterocycles. The van der Waals surface area contributed by atoms with Crippen molar-refractivity contribution in [2.75, 3.05) is 19.0 Å². The second kappa shape index (κ2) is 9.36. The second-order valence-electron chi connectivity index (χ2n) is 12.0. The van der Waals surface area contributed by atoms with Crippen molar-refractivity contribution in [2.45, 2.75) is 70.5 Å². The third-order valence-electron chi connectivity index (χ3n) is 8.39. The van der Waals surface area contributed by atoms with Crippen molar-refractivity contribution in [1.29, 1.82) is 0 Å². The topological polar surface area (TPSA) is 188 Å². The summed E-state index contributed by atoms with van der Waals surface area (Å²) in [6, 6.07) is 1.79. The number of hydrogen-bond acceptors (Lipinski definition) is 10. The Morgan fingerprint density at radius 1 is 1.18 bits per heavy atom. The van der Waals surface area contributed by atoms with Gasteiger partial charge in [0.15, 0.2) is 11.4 Å². The molecule has 0 saturated heterocycles. The van der Waals surface area contributed by atoms with E-state index in [1.165, 1.54) is 0 Å². The Hall–Kier alpha value is -3.86. The number of esters is 1. The number of fused-ring (bicyclic) bond motifs is 3. The minimum atomic E-state index is -2.89. The highest BCUT2D eigenvalue weighted by atomic mass is 16.5. The van der Waals surface area contributed by atoms with Gasteiger partial charge in [0.25, 0.3) is 5.91 Å². The number of nitrogens with two attached hydrogens (primary N) is 1. The lowest BCUT2D eigenvalue weighted by molar-refractivity contribution is -0.174. The number of ketones is 2. The maximum Gasteiger partial charge on any atom is 0.305 e. The van der Waals surface area contributed by atoms with Crippen molar-refractivity contribution in [3.8, 4) is 5.75 Å². The van der Waals surface area contributed by atoms with Crippen LogP contribution in [0.25, 0.3) is 0 Å². The molecule has 216 valence electrons. The fourth-order valence-electron chi connectivity index (χ4n) is 6.42. The molecule has 11 heteroatoms. The number of ether oxygens (including phenoxy) is 1. The maximum atomic E-state index is 14.3. The zero-order chi connectivity index (χ0) is 30.2. The fraction of sp³-hybridized carbons (Fsp3) is 0.517. The molecule has 5 atom stereocenters. The maximum absolute atomic E-state index is 14.3. The Labute approximate surface area is 231 Å². The molecule has 0 fully saturated rings. The third kappa shape index (κ3) is 3.89. The highest BCUT2D eigenvalue weighted by molar-refractivity contribution is 6.24. The van der Waals surface area contributed by atoms with Gasteiger partial charge in [-0.1, -0.05) is 34.6 Å². The molecule has 11 nitrogen and oxygen atoms in total. The molecule has 0 saturated carbocycles. The average Bonchev–Trinajstić information content (AvgIpc) is 2.84. The van der Waals surface area contributed by atoms with E-state index in [-0.39, 0.29) is 17.7 Å². The Morgan fingerprint density at radius 3 is 2.27 bits per heavy atom. The highest BCUT2D eigenvalue weighted by Crippen LogP contribution is 2.58. The number of primary amides is 1. The summed E-state index contributed by atoms with van der Waals surface area (Å²) in [6.07, 6.45) is -1.96. The van der Waals surface area contributed by atoms with E-state index >= 15 is 0 Å². The van der Waals surface area contributed by atoms with Gasteiger partial charge in [0.2, 0.25) is 5.78 Å². The molecule has 4 rings (SSSR count). The first-order valence-electron chi connectivity index (χ1n) is 13.2. The second-order valence-corrected chi connectivity index (χ2v) is 12.0. The number of Topliss-reactive ketones (excluding diaryl/α,β-unsaturated/α-hetero) is 2. The van der Waals surface area contributed by atoms with Gasteiger partial charge >= 0.3 is 5.97 Å². The molecule has 40 heavy (non-hydrogen) atoms. The van der Waals surface area contributed by atoms with Crippen molar-refractivity contribution in [3.05, 3.63) is 45.4 Å². The Kier molecular flexibility index (Phi) is 6.82. The Bertz CT molecular complexity index is 1420. The number of hydrogen-bond donors (Lipinski definition) is 5. The highest BCUT2D eigenvalue weighted by Gasteiger charge is 2.65. The van der Waals surface area contributed by atoms with Gasteiger partial charge in [0.05, 0.1) is 5.56 Å². The van der Waals surface area contributed by atoms with Gasteiger partial charge in [0, 0.05) is 55.6 Å². The monoisotopic (exact) mass is 556 g/mol. The quantitative estimate of drug-likeness (QED) is 0.272. The predicted molar refractivity (Wildman–Crippen MR) is 144 cm³/mol. The smallest absolute Gasteiger partial charge is 0.305 e. The first-order chi connectivity index (χ1) is 18.4. The molecule has 1 amide bonds. The van der Waals surface area contributed by atoms with Crippen LogP contribution in [0.5, 0.6) is 5.75 Å². The number of aliphatic hydroxyl groups excluding tert-OH is 2. The van der Waals surface area contributed by atoms with Crippen molar-refractivity contribution in [3.63, 3.8) is 0 Å². The number of aromatic hydroxyl groups is 1. The molecular weight excluding hydrogens is 520 g/mol. The summed E-state index contributed by atoms with van der Waals surface area (Å²) in [4.78, 5) is 54.2. The van der Waals surface area contributed by atoms with E-state index in [1.54, 1.807) is 38.9 Å². The number of carbonyl (C=O) groups excluding carboxylic acids is 4. The molecule has 0 heterocycles. The number of phenols is 1. The van der Waals surface area contributed by atoms with E-state index in [4.69, 9.17) is 10.5 Å². The van der Waals surface area contributed by atoms with Crippen LogP contribution in [0, 0.1) is 11.8 Å². The van der Waals surface area contributed by atoms with Crippen LogP contribution in [0.3, 0.4) is 0 Å². The normalized spacial score (nSPS) is 28.1. The molecule has 0 unspecified atom stereocenters. The molecule has 0 bridgehead atoms. The van der Waals surface area contributed by atoms with Crippen LogP contribution in [0.2, 0.25) is 0 Å². The van der Waals surface area contributed by atoms with Gasteiger partial charge in [-0.25, -0.2) is 0 Å². The lowest BCUT2D eigenvalue weighted by Crippen LogP contribution is -2.63. The van der Waals surface area contributed by atoms with Gasteiger partial charge in [-0.3, -0.25) is 19.2 Å². The number of nitrogens with zero attached hydrogens (tertiary/aromatic N) is 1. The number of aliphatic hydroxyl groups is 3. The first kappa shape index (κ1) is 29.1. The van der Waals surface area contributed by atoms with E-state index in [0.717, 1.165) is 0 Å². The van der Waals surface area contributed by atoms with E-state index in [1.807, 2.05) is 20.8 Å². The summed E-state index contributed by atoms with van der Waals surface area (Å²) in [6.45, 7) is 8.87. The largest absolute Gasteiger partial charge is 0.511 e. The van der Waals surface area contributed by atoms with Crippen LogP contribution < -0.4 is 10.6 Å². The number of phenolic OH excluding ortho intramolecular Hbond substituents is 1. The lowest BCUT2D eigenvalue weighted by Gasteiger charge is -2.51. The van der Waals surface area contributed by atoms with Gasteiger partial charge in [-0.05, 0) is 23.0 Å². The SMILES string of the molecule is CCC(=O)O[C@H]1[C@H]2C(=C(O)[C@]3(O)C(=O)C(C(N)=O)=C(O)C[C@H]13)C(=O)c1c(O)c(C(C)(C)C)cc(N(C)C)c1[C@@H]2C. The van der Waals surface area contributed by atoms with Crippen molar-refractivity contribution < 1.29 is 44.3 Å². The number of anilines is 1. The molecule has 0 spiro atoms. The number of carbonyl (C=O) groups is 4. The van der Waals surface area contributed by atoms with Gasteiger partial charge in [-0.15, -0.1) is 0 Å². The van der Waals surface area contributed by atoms with Crippen LogP contribution in [0.15, 0.2) is 28.7 Å². The average molecular weight is 557 g/mol. The number of rotatable bonds is 4. The first-order valence-corrected chi connectivity index (χ1v) is 13.2. The van der Waals surface area contributed by atoms with E-state index in [2.05, 4.69) is 0 Å². The molecule has 0 radical (unpaired) electrons. The summed E-state index contributed by atoms with van der Waals surface area (Å²) in [5, 5.41) is 45.3. The van der Waals surface area contributed by atoms with E-state index in [0.29, 0.717) is 16.8 Å². The summed E-state index contributed by atoms with van der Waals surface area (Å²) in [5.41, 5.74) is 1.95. The predicted octanol–water partition coefficient (Wildman–Crippen LogP) is 2.44. The molecule has 3 aliphatic carbocycles. The third-order valence-corrected chi connectivity index (χ3v) is 8.39. The Morgan fingerprint density at radius 2 is 1.77 bits per heavy atom. The number of allylic oxidation sites excluding steroid dienone is 1.